The Morgan fingerprint density at radius 3 is 2.89 bits per heavy atom. The number of ether oxygens (including phenoxy) is 1. The van der Waals surface area contributed by atoms with Crippen LogP contribution in [-0.4, -0.2) is 32.3 Å². The molecule has 4 rings (SSSR count). The van der Waals surface area contributed by atoms with E-state index in [0.29, 0.717) is 12.6 Å². The van der Waals surface area contributed by atoms with Crippen molar-refractivity contribution in [3.8, 4) is 5.75 Å². The first kappa shape index (κ1) is 18.7. The summed E-state index contributed by atoms with van der Waals surface area (Å²) in [4.78, 5) is 6.95. The Morgan fingerprint density at radius 2 is 2.04 bits per heavy atom. The van der Waals surface area contributed by atoms with E-state index in [1.54, 1.807) is 6.20 Å². The fraction of sp³-hybridized carbons (Fsp3) is 0.391. The Hall–Kier alpha value is -2.66. The van der Waals surface area contributed by atoms with E-state index in [4.69, 9.17) is 4.74 Å². The third-order valence-electron chi connectivity index (χ3n) is 5.40. The van der Waals surface area contributed by atoms with Crippen LogP contribution in [-0.2, 0) is 19.7 Å². The third kappa shape index (κ3) is 5.20. The first-order chi connectivity index (χ1) is 13.9. The Kier molecular flexibility index (Phi) is 6.35. The van der Waals surface area contributed by atoms with Crippen molar-refractivity contribution in [2.75, 3.05) is 6.54 Å². The van der Waals surface area contributed by atoms with Gasteiger partial charge in [-0.15, -0.1) is 0 Å². The van der Waals surface area contributed by atoms with Crippen molar-refractivity contribution in [2.45, 2.75) is 51.4 Å². The Bertz CT molecular complexity index is 835. The van der Waals surface area contributed by atoms with Crippen LogP contribution in [0, 0.1) is 0 Å². The van der Waals surface area contributed by atoms with E-state index in [1.807, 2.05) is 41.2 Å². The second kappa shape index (κ2) is 9.51. The van der Waals surface area contributed by atoms with Gasteiger partial charge in [0, 0.05) is 37.7 Å². The number of hydrogen-bond donors (Lipinski definition) is 0. The van der Waals surface area contributed by atoms with Crippen LogP contribution in [0.3, 0.4) is 0 Å². The van der Waals surface area contributed by atoms with Crippen LogP contribution in [0.25, 0.3) is 0 Å². The molecule has 0 spiro atoms. The average Bonchev–Trinajstić information content (AvgIpc) is 3.26. The molecule has 1 fully saturated rings. The first-order valence-electron chi connectivity index (χ1n) is 10.2. The molecule has 1 saturated heterocycles. The van der Waals surface area contributed by atoms with Crippen LogP contribution in [0.2, 0.25) is 0 Å². The largest absolute Gasteiger partial charge is 0.487 e. The van der Waals surface area contributed by atoms with Crippen molar-refractivity contribution in [1.82, 2.24) is 19.7 Å². The van der Waals surface area contributed by atoms with Gasteiger partial charge in [0.05, 0.1) is 5.69 Å². The van der Waals surface area contributed by atoms with Gasteiger partial charge in [-0.2, -0.15) is 5.10 Å². The van der Waals surface area contributed by atoms with Gasteiger partial charge in [-0.25, -0.2) is 0 Å². The number of rotatable bonds is 8. The normalized spacial score (nSPS) is 17.5. The zero-order valence-electron chi connectivity index (χ0n) is 16.3. The molecule has 3 aromatic rings. The predicted molar refractivity (Wildman–Crippen MR) is 110 cm³/mol. The maximum Gasteiger partial charge on any atom is 0.130 e. The highest BCUT2D eigenvalue weighted by Crippen LogP contribution is 2.24. The number of likely N-dealkylation sites (tertiary alicyclic amines) is 1. The van der Waals surface area contributed by atoms with Crippen LogP contribution in [0.4, 0.5) is 0 Å². The Morgan fingerprint density at radius 1 is 1.04 bits per heavy atom. The van der Waals surface area contributed by atoms with Gasteiger partial charge in [-0.05, 0) is 61.7 Å². The van der Waals surface area contributed by atoms with Gasteiger partial charge in [0.25, 0.3) is 0 Å². The highest BCUT2D eigenvalue weighted by Gasteiger charge is 2.22. The molecule has 0 saturated carbocycles. The highest BCUT2D eigenvalue weighted by atomic mass is 16.5. The summed E-state index contributed by atoms with van der Waals surface area (Å²) in [5.74, 6) is 0.910. The smallest absolute Gasteiger partial charge is 0.130 e. The van der Waals surface area contributed by atoms with E-state index in [1.165, 1.54) is 31.4 Å². The summed E-state index contributed by atoms with van der Waals surface area (Å²) in [6.45, 7) is 3.63. The SMILES string of the molecule is c1ccc(COc2cccc(CN3CCCCC3CCn3cccn3)c2)nc1. The second-order valence-corrected chi connectivity index (χ2v) is 7.44. The van der Waals surface area contributed by atoms with E-state index in [2.05, 4.69) is 39.4 Å². The molecular formula is C23H28N4O. The lowest BCUT2D eigenvalue weighted by Crippen LogP contribution is -2.39. The van der Waals surface area contributed by atoms with E-state index >= 15 is 0 Å². The number of pyridine rings is 1. The monoisotopic (exact) mass is 376 g/mol. The summed E-state index contributed by atoms with van der Waals surface area (Å²) < 4.78 is 7.99. The molecule has 5 nitrogen and oxygen atoms in total. The number of nitrogens with zero attached hydrogens (tertiary/aromatic N) is 4. The molecule has 1 aromatic carbocycles. The molecule has 146 valence electrons. The summed E-state index contributed by atoms with van der Waals surface area (Å²) in [6.07, 6.45) is 10.7. The van der Waals surface area contributed by atoms with Gasteiger partial charge in [0.15, 0.2) is 0 Å². The van der Waals surface area contributed by atoms with Gasteiger partial charge in [0.2, 0.25) is 0 Å². The van der Waals surface area contributed by atoms with Crippen molar-refractivity contribution < 1.29 is 4.74 Å². The molecule has 5 heteroatoms. The fourth-order valence-electron chi connectivity index (χ4n) is 3.92. The number of hydrogen-bond acceptors (Lipinski definition) is 4. The molecule has 0 bridgehead atoms. The molecule has 0 N–H and O–H groups in total. The van der Waals surface area contributed by atoms with Gasteiger partial charge < -0.3 is 4.74 Å². The van der Waals surface area contributed by atoms with Crippen molar-refractivity contribution in [2.24, 2.45) is 0 Å². The lowest BCUT2D eigenvalue weighted by atomic mass is 9.98. The van der Waals surface area contributed by atoms with E-state index in [9.17, 15) is 0 Å². The topological polar surface area (TPSA) is 43.2 Å². The molecule has 1 aliphatic rings. The van der Waals surface area contributed by atoms with Crippen molar-refractivity contribution in [3.63, 3.8) is 0 Å². The molecule has 2 aromatic heterocycles. The maximum absolute atomic E-state index is 5.95. The minimum Gasteiger partial charge on any atom is -0.487 e. The number of piperidine rings is 1. The fourth-order valence-corrected chi connectivity index (χ4v) is 3.92. The average molecular weight is 377 g/mol. The van der Waals surface area contributed by atoms with Gasteiger partial charge in [-0.3, -0.25) is 14.6 Å². The number of benzene rings is 1. The molecule has 0 radical (unpaired) electrons. The van der Waals surface area contributed by atoms with Crippen molar-refractivity contribution in [3.05, 3.63) is 78.4 Å². The third-order valence-corrected chi connectivity index (χ3v) is 5.40. The highest BCUT2D eigenvalue weighted by molar-refractivity contribution is 5.28. The second-order valence-electron chi connectivity index (χ2n) is 7.44. The lowest BCUT2D eigenvalue weighted by molar-refractivity contribution is 0.127. The summed E-state index contributed by atoms with van der Waals surface area (Å²) >= 11 is 0. The molecule has 0 aliphatic carbocycles. The zero-order valence-corrected chi connectivity index (χ0v) is 16.3. The van der Waals surface area contributed by atoms with E-state index in [0.717, 1.165) is 31.0 Å². The molecule has 1 aliphatic heterocycles. The molecule has 3 heterocycles. The maximum atomic E-state index is 5.95. The zero-order chi connectivity index (χ0) is 19.0. The number of aryl methyl sites for hydroxylation is 1. The van der Waals surface area contributed by atoms with Crippen LogP contribution in [0.15, 0.2) is 67.1 Å². The predicted octanol–water partition coefficient (Wildman–Crippen LogP) is 4.30. The van der Waals surface area contributed by atoms with Crippen molar-refractivity contribution >= 4 is 0 Å². The summed E-state index contributed by atoms with van der Waals surface area (Å²) in [5, 5.41) is 4.34. The quantitative estimate of drug-likeness (QED) is 0.588. The Balaban J connectivity index is 1.35. The molecule has 1 atom stereocenters. The Labute approximate surface area is 167 Å². The first-order valence-corrected chi connectivity index (χ1v) is 10.2. The van der Waals surface area contributed by atoms with Crippen LogP contribution in [0.5, 0.6) is 5.75 Å². The minimum absolute atomic E-state index is 0.500. The molecule has 28 heavy (non-hydrogen) atoms. The van der Waals surface area contributed by atoms with Gasteiger partial charge >= 0.3 is 0 Å². The minimum atomic E-state index is 0.500. The lowest BCUT2D eigenvalue weighted by Gasteiger charge is -2.36. The van der Waals surface area contributed by atoms with Crippen LogP contribution < -0.4 is 4.74 Å². The molecule has 1 unspecified atom stereocenters. The van der Waals surface area contributed by atoms with E-state index in [-0.39, 0.29) is 0 Å². The summed E-state index contributed by atoms with van der Waals surface area (Å²) in [5.41, 5.74) is 2.26. The van der Waals surface area contributed by atoms with Crippen molar-refractivity contribution in [1.29, 1.82) is 0 Å². The molecular weight excluding hydrogens is 348 g/mol. The summed E-state index contributed by atoms with van der Waals surface area (Å²) in [7, 11) is 0. The van der Waals surface area contributed by atoms with Gasteiger partial charge in [-0.1, -0.05) is 24.6 Å². The van der Waals surface area contributed by atoms with Crippen LogP contribution >= 0.6 is 0 Å². The van der Waals surface area contributed by atoms with Crippen LogP contribution in [0.1, 0.15) is 36.9 Å². The van der Waals surface area contributed by atoms with E-state index < -0.39 is 0 Å². The number of aromatic nitrogens is 3. The summed E-state index contributed by atoms with van der Waals surface area (Å²) in [6, 6.07) is 17.0. The standard InChI is InChI=1S/C23H28N4O/c1-3-12-24-21(8-1)19-28-23-10-5-7-20(17-23)18-26-14-4-2-9-22(26)11-16-27-15-6-13-25-27/h1,3,5-8,10,12-13,15,17,22H,2,4,9,11,14,16,18-19H2. The van der Waals surface area contributed by atoms with Gasteiger partial charge in [0.1, 0.15) is 12.4 Å². The molecule has 0 amide bonds.